The summed E-state index contributed by atoms with van der Waals surface area (Å²) < 4.78 is 0. The van der Waals surface area contributed by atoms with E-state index >= 15 is 0 Å². The number of amides is 2. The number of non-ortho nitro benzene ring substituents is 1. The lowest BCUT2D eigenvalue weighted by molar-refractivity contribution is -0.384. The molecule has 2 amide bonds. The Kier molecular flexibility index (Phi) is 4.27. The Balaban J connectivity index is 2.10. The number of carbonyl (C=O) groups is 2. The Morgan fingerprint density at radius 1 is 0.962 bits per heavy atom. The highest BCUT2D eigenvalue weighted by Crippen LogP contribution is 2.33. The number of nitro benzene ring substituents is 1. The van der Waals surface area contributed by atoms with E-state index in [2.05, 4.69) is 0 Å². The van der Waals surface area contributed by atoms with Crippen molar-refractivity contribution >= 4 is 28.9 Å². The summed E-state index contributed by atoms with van der Waals surface area (Å²) in [7, 11) is 0. The van der Waals surface area contributed by atoms with E-state index < -0.39 is 33.8 Å². The van der Waals surface area contributed by atoms with E-state index in [1.807, 2.05) is 0 Å². The molecule has 0 unspecified atom stereocenters. The van der Waals surface area contributed by atoms with Gasteiger partial charge in [0.05, 0.1) is 27.5 Å². The van der Waals surface area contributed by atoms with Gasteiger partial charge in [-0.25, -0.2) is 4.90 Å². The zero-order chi connectivity index (χ0) is 18.8. The van der Waals surface area contributed by atoms with E-state index in [1.165, 1.54) is 30.3 Å². The van der Waals surface area contributed by atoms with Gasteiger partial charge in [0.25, 0.3) is 17.3 Å². The second-order valence-corrected chi connectivity index (χ2v) is 5.44. The quantitative estimate of drug-likeness (QED) is 0.360. The highest BCUT2D eigenvalue weighted by atomic mass is 16.6. The van der Waals surface area contributed by atoms with Crippen LogP contribution in [0.4, 0.5) is 11.4 Å². The number of carbonyl (C=O) groups excluding carboxylic acids is 2. The van der Waals surface area contributed by atoms with Crippen molar-refractivity contribution in [3.63, 3.8) is 0 Å². The normalized spacial score (nSPS) is 15.9. The van der Waals surface area contributed by atoms with E-state index in [1.54, 1.807) is 18.2 Å². The molecule has 3 rings (SSSR count). The van der Waals surface area contributed by atoms with Crippen LogP contribution in [0.5, 0.6) is 0 Å². The summed E-state index contributed by atoms with van der Waals surface area (Å²) in [6.45, 7) is 0. The summed E-state index contributed by atoms with van der Waals surface area (Å²) in [6.07, 6.45) is -0.452. The van der Waals surface area contributed by atoms with Gasteiger partial charge in [-0.05, 0) is 18.2 Å². The van der Waals surface area contributed by atoms with Crippen molar-refractivity contribution in [2.45, 2.75) is 6.42 Å². The van der Waals surface area contributed by atoms with Gasteiger partial charge in [-0.2, -0.15) is 0 Å². The van der Waals surface area contributed by atoms with Crippen LogP contribution in [0, 0.1) is 20.2 Å². The predicted molar refractivity (Wildman–Crippen MR) is 90.6 cm³/mol. The highest BCUT2D eigenvalue weighted by Gasteiger charge is 2.41. The predicted octanol–water partition coefficient (Wildman–Crippen LogP) is 2.55. The van der Waals surface area contributed by atoms with Crippen molar-refractivity contribution < 1.29 is 19.4 Å². The van der Waals surface area contributed by atoms with Gasteiger partial charge < -0.3 is 0 Å². The Labute approximate surface area is 146 Å². The van der Waals surface area contributed by atoms with Gasteiger partial charge in [0.2, 0.25) is 5.91 Å². The lowest BCUT2D eigenvalue weighted by Crippen LogP contribution is -2.29. The minimum Gasteiger partial charge on any atom is -0.274 e. The number of rotatable bonds is 4. The maximum absolute atomic E-state index is 12.7. The van der Waals surface area contributed by atoms with Crippen LogP contribution in [0.1, 0.15) is 12.0 Å². The number of imide groups is 1. The second kappa shape index (κ2) is 6.55. The molecule has 1 fully saturated rings. The Hall–Kier alpha value is -3.88. The highest BCUT2D eigenvalue weighted by molar-refractivity contribution is 6.30. The standard InChI is InChI=1S/C17H11N3O6/c21-15-10-14(16(20(25)26)11-5-2-1-3-6-11)17(22)18(15)12-7-4-8-13(9-12)19(23)24/h1-9H,10H2. The molecule has 0 bridgehead atoms. The molecule has 9 heteroatoms. The third-order valence-electron chi connectivity index (χ3n) is 3.85. The number of hydrogen-bond acceptors (Lipinski definition) is 6. The minimum absolute atomic E-state index is 0.0000374. The molecule has 1 heterocycles. The monoisotopic (exact) mass is 353 g/mol. The Morgan fingerprint density at radius 2 is 1.65 bits per heavy atom. The summed E-state index contributed by atoms with van der Waals surface area (Å²) >= 11 is 0. The van der Waals surface area contributed by atoms with Gasteiger partial charge in [0.15, 0.2) is 0 Å². The fourth-order valence-electron chi connectivity index (χ4n) is 2.73. The van der Waals surface area contributed by atoms with Gasteiger partial charge in [0, 0.05) is 12.1 Å². The van der Waals surface area contributed by atoms with Crippen molar-refractivity contribution in [1.82, 2.24) is 0 Å². The molecule has 2 aromatic rings. The minimum atomic E-state index is -0.856. The largest absolute Gasteiger partial charge is 0.285 e. The first-order valence-electron chi connectivity index (χ1n) is 7.45. The SMILES string of the molecule is O=C1CC(=C(c2ccccc2)[N+](=O)[O-])C(=O)N1c1cccc([N+](=O)[O-])c1. The van der Waals surface area contributed by atoms with E-state index in [0.29, 0.717) is 0 Å². The molecular weight excluding hydrogens is 342 g/mol. The first-order valence-corrected chi connectivity index (χ1v) is 7.45. The molecule has 130 valence electrons. The fourth-order valence-corrected chi connectivity index (χ4v) is 2.73. The van der Waals surface area contributed by atoms with Crippen LogP contribution in [0.3, 0.4) is 0 Å². The van der Waals surface area contributed by atoms with E-state index in [0.717, 1.165) is 11.0 Å². The van der Waals surface area contributed by atoms with Crippen LogP contribution in [0.2, 0.25) is 0 Å². The molecule has 0 saturated carbocycles. The lowest BCUT2D eigenvalue weighted by Gasteiger charge is -2.13. The number of benzene rings is 2. The number of nitro groups is 2. The fraction of sp³-hybridized carbons (Fsp3) is 0.0588. The van der Waals surface area contributed by atoms with Crippen LogP contribution in [-0.2, 0) is 9.59 Å². The maximum atomic E-state index is 12.7. The third kappa shape index (κ3) is 2.93. The summed E-state index contributed by atoms with van der Waals surface area (Å²) in [4.78, 5) is 46.8. The average Bonchev–Trinajstić information content (AvgIpc) is 2.90. The van der Waals surface area contributed by atoms with Crippen LogP contribution in [0.15, 0.2) is 60.2 Å². The summed E-state index contributed by atoms with van der Waals surface area (Å²) in [5.41, 5.74) is -0.790. The van der Waals surface area contributed by atoms with E-state index in [4.69, 9.17) is 0 Å². The molecule has 0 spiro atoms. The van der Waals surface area contributed by atoms with Crippen molar-refractivity contribution in [2.75, 3.05) is 4.90 Å². The smallest absolute Gasteiger partial charge is 0.274 e. The van der Waals surface area contributed by atoms with Crippen molar-refractivity contribution in [2.24, 2.45) is 0 Å². The van der Waals surface area contributed by atoms with E-state index in [-0.39, 0.29) is 22.5 Å². The van der Waals surface area contributed by atoms with Crippen molar-refractivity contribution in [3.8, 4) is 0 Å². The molecule has 26 heavy (non-hydrogen) atoms. The molecule has 2 aromatic carbocycles. The lowest BCUT2D eigenvalue weighted by atomic mass is 10.1. The first kappa shape index (κ1) is 17.0. The van der Waals surface area contributed by atoms with Gasteiger partial charge in [-0.3, -0.25) is 29.8 Å². The topological polar surface area (TPSA) is 124 Å². The Morgan fingerprint density at radius 3 is 2.27 bits per heavy atom. The first-order chi connectivity index (χ1) is 12.4. The number of hydrogen-bond donors (Lipinski definition) is 0. The van der Waals surface area contributed by atoms with Crippen LogP contribution >= 0.6 is 0 Å². The van der Waals surface area contributed by atoms with Crippen LogP contribution < -0.4 is 4.90 Å². The van der Waals surface area contributed by atoms with Gasteiger partial charge in [0.1, 0.15) is 5.57 Å². The molecule has 9 nitrogen and oxygen atoms in total. The zero-order valence-corrected chi connectivity index (χ0v) is 13.2. The number of anilines is 1. The second-order valence-electron chi connectivity index (χ2n) is 5.44. The average molecular weight is 353 g/mol. The summed E-state index contributed by atoms with van der Waals surface area (Å²) in [5.74, 6) is -1.54. The molecular formula is C17H11N3O6. The zero-order valence-electron chi connectivity index (χ0n) is 13.2. The van der Waals surface area contributed by atoms with E-state index in [9.17, 15) is 29.8 Å². The molecule has 0 N–H and O–H groups in total. The van der Waals surface area contributed by atoms with Gasteiger partial charge in [-0.1, -0.05) is 24.3 Å². The molecule has 1 saturated heterocycles. The molecule has 0 aliphatic carbocycles. The van der Waals surface area contributed by atoms with Crippen LogP contribution in [-0.4, -0.2) is 21.7 Å². The third-order valence-corrected chi connectivity index (χ3v) is 3.85. The molecule has 0 radical (unpaired) electrons. The van der Waals surface area contributed by atoms with Crippen molar-refractivity contribution in [3.05, 3.63) is 86.0 Å². The summed E-state index contributed by atoms with van der Waals surface area (Å²) in [6, 6.07) is 12.8. The summed E-state index contributed by atoms with van der Waals surface area (Å²) in [5, 5.41) is 22.4. The molecule has 1 aliphatic heterocycles. The molecule has 1 aliphatic rings. The maximum Gasteiger partial charge on any atom is 0.285 e. The van der Waals surface area contributed by atoms with Gasteiger partial charge in [-0.15, -0.1) is 0 Å². The molecule has 0 atom stereocenters. The molecule has 0 aromatic heterocycles. The Bertz CT molecular complexity index is 967. The van der Waals surface area contributed by atoms with Gasteiger partial charge >= 0.3 is 0 Å². The van der Waals surface area contributed by atoms with Crippen molar-refractivity contribution in [1.29, 1.82) is 0 Å². The van der Waals surface area contributed by atoms with Crippen LogP contribution in [0.25, 0.3) is 5.70 Å². The number of nitrogens with zero attached hydrogens (tertiary/aromatic N) is 3.